The van der Waals surface area contributed by atoms with E-state index in [4.69, 9.17) is 0 Å². The first-order valence-corrected chi connectivity index (χ1v) is 13.7. The number of hydrogen-bond acceptors (Lipinski definition) is 7. The second-order valence-electron chi connectivity index (χ2n) is 10.4. The van der Waals surface area contributed by atoms with E-state index < -0.39 is 35.1 Å². The fourth-order valence-electron chi connectivity index (χ4n) is 5.43. The Morgan fingerprint density at radius 1 is 0.841 bits per heavy atom. The fourth-order valence-corrected chi connectivity index (χ4v) is 5.43. The minimum Gasteiger partial charge on any atom is -0.495 e. The summed E-state index contributed by atoms with van der Waals surface area (Å²) in [5, 5.41) is 30.0. The van der Waals surface area contributed by atoms with Gasteiger partial charge < -0.3 is 15.3 Å². The van der Waals surface area contributed by atoms with E-state index in [2.05, 4.69) is 15.0 Å². The number of aliphatic carboxylic acids is 1. The van der Waals surface area contributed by atoms with Crippen LogP contribution in [0.2, 0.25) is 0 Å². The van der Waals surface area contributed by atoms with E-state index in [0.29, 0.717) is 36.4 Å². The molecular formula is C30H32F3FeN5O5+2. The Balaban J connectivity index is 0.00000529. The number of halogens is 3. The number of carboxylic acids is 2. The maximum absolute atomic E-state index is 13.4. The van der Waals surface area contributed by atoms with E-state index in [1.54, 1.807) is 36.7 Å². The van der Waals surface area contributed by atoms with Crippen molar-refractivity contribution >= 4 is 23.5 Å². The number of aliphatic imine (C=N–C) groups is 1. The average Bonchev–Trinajstić information content (AvgIpc) is 2.96. The predicted octanol–water partition coefficient (Wildman–Crippen LogP) is 5.18. The Labute approximate surface area is 262 Å². The summed E-state index contributed by atoms with van der Waals surface area (Å²) >= 11 is 0. The van der Waals surface area contributed by atoms with Crippen LogP contribution in [-0.4, -0.2) is 78.1 Å². The number of hydrogen-bond donors (Lipinski definition) is 3. The Morgan fingerprint density at radius 2 is 1.39 bits per heavy atom. The monoisotopic (exact) mass is 655 g/mol. The SMILES string of the molecule is O=C(O)CN(Cc1ccccn1)[C@H]1CCCCC1N(CC(O)=Nc1cc(C(=O)O)cc(C(F)(F)F)c1)Cc1ccccn1.[Fe+2]. The van der Waals surface area contributed by atoms with Crippen LogP contribution in [0.4, 0.5) is 18.9 Å². The standard InChI is InChI=1S/C30H32F3N5O5.Fe/c31-30(32,33)21-13-20(29(42)43)14-24(15-21)36-27(39)18-37(16-22-7-3-5-11-34-22)25-9-1-2-10-26(25)38(19-28(40)41)17-23-8-4-6-12-35-23;/h3-8,11-15,25-26H,1-2,9-10,16-19H2,(H,36,39)(H,40,41)(H,42,43);/q;+2/t25?,26-;/m0./s1. The molecule has 0 bridgehead atoms. The van der Waals surface area contributed by atoms with Crippen molar-refractivity contribution in [3.63, 3.8) is 0 Å². The molecule has 3 N–H and O–H groups in total. The van der Waals surface area contributed by atoms with Gasteiger partial charge >= 0.3 is 35.2 Å². The van der Waals surface area contributed by atoms with Crippen molar-refractivity contribution in [1.29, 1.82) is 0 Å². The van der Waals surface area contributed by atoms with Gasteiger partial charge in [-0.3, -0.25) is 24.6 Å². The van der Waals surface area contributed by atoms with Crippen LogP contribution in [0.1, 0.15) is 53.0 Å². The molecule has 44 heavy (non-hydrogen) atoms. The molecule has 1 aliphatic carbocycles. The maximum atomic E-state index is 13.4. The van der Waals surface area contributed by atoms with Gasteiger partial charge in [-0.1, -0.05) is 25.0 Å². The van der Waals surface area contributed by atoms with Crippen LogP contribution in [0, 0.1) is 0 Å². The van der Waals surface area contributed by atoms with E-state index in [0.717, 1.165) is 18.9 Å². The number of aliphatic hydroxyl groups excluding tert-OH is 1. The quantitative estimate of drug-likeness (QED) is 0.137. The molecule has 14 heteroatoms. The van der Waals surface area contributed by atoms with Crippen molar-refractivity contribution in [3.8, 4) is 0 Å². The van der Waals surface area contributed by atoms with Gasteiger partial charge in [0.2, 0.25) is 5.90 Å². The van der Waals surface area contributed by atoms with Gasteiger partial charge in [-0.15, -0.1) is 0 Å². The molecule has 0 radical (unpaired) electrons. The molecule has 1 unspecified atom stereocenters. The Bertz CT molecular complexity index is 1430. The van der Waals surface area contributed by atoms with Crippen LogP contribution < -0.4 is 0 Å². The molecule has 1 aromatic carbocycles. The first-order chi connectivity index (χ1) is 20.5. The first kappa shape index (κ1) is 34.6. The summed E-state index contributed by atoms with van der Waals surface area (Å²) in [5.74, 6) is -3.08. The topological polar surface area (TPSA) is 139 Å². The second-order valence-corrected chi connectivity index (χ2v) is 10.4. The van der Waals surface area contributed by atoms with Gasteiger partial charge in [-0.25, -0.2) is 9.79 Å². The van der Waals surface area contributed by atoms with E-state index >= 15 is 0 Å². The van der Waals surface area contributed by atoms with E-state index in [-0.39, 0.29) is 61.0 Å². The average molecular weight is 655 g/mol. The third-order valence-corrected chi connectivity index (χ3v) is 7.25. The maximum Gasteiger partial charge on any atom is 2.00 e. The largest absolute Gasteiger partial charge is 2.00 e. The second kappa shape index (κ2) is 15.8. The number of benzene rings is 1. The van der Waals surface area contributed by atoms with Crippen LogP contribution in [0.15, 0.2) is 72.0 Å². The number of aromatic nitrogens is 2. The third-order valence-electron chi connectivity index (χ3n) is 7.25. The van der Waals surface area contributed by atoms with Gasteiger partial charge in [0.05, 0.1) is 41.3 Å². The molecule has 0 saturated heterocycles. The van der Waals surface area contributed by atoms with E-state index in [1.807, 2.05) is 21.9 Å². The van der Waals surface area contributed by atoms with Crippen molar-refractivity contribution in [2.24, 2.45) is 4.99 Å². The predicted molar refractivity (Wildman–Crippen MR) is 151 cm³/mol. The zero-order valence-corrected chi connectivity index (χ0v) is 24.6. The third kappa shape index (κ3) is 9.84. The number of pyridine rings is 2. The Morgan fingerprint density at radius 3 is 1.84 bits per heavy atom. The van der Waals surface area contributed by atoms with Crippen molar-refractivity contribution in [1.82, 2.24) is 19.8 Å². The summed E-state index contributed by atoms with van der Waals surface area (Å²) in [6, 6.07) is 12.4. The van der Waals surface area contributed by atoms with Crippen molar-refractivity contribution in [3.05, 3.63) is 89.5 Å². The van der Waals surface area contributed by atoms with Crippen molar-refractivity contribution in [2.75, 3.05) is 13.1 Å². The molecule has 10 nitrogen and oxygen atoms in total. The Hall–Kier alpha value is -3.84. The Kier molecular flexibility index (Phi) is 12.4. The van der Waals surface area contributed by atoms with Gasteiger partial charge in [-0.2, -0.15) is 13.2 Å². The molecule has 2 aromatic heterocycles. The molecule has 2 heterocycles. The zero-order chi connectivity index (χ0) is 31.0. The van der Waals surface area contributed by atoms with Gasteiger partial charge in [0.15, 0.2) is 0 Å². The summed E-state index contributed by atoms with van der Waals surface area (Å²) in [5.41, 5.74) is -0.798. The first-order valence-electron chi connectivity index (χ1n) is 13.7. The number of aliphatic hydroxyl groups is 1. The van der Waals surface area contributed by atoms with Crippen LogP contribution in [-0.2, 0) is 41.1 Å². The molecule has 0 amide bonds. The summed E-state index contributed by atoms with van der Waals surface area (Å²) in [7, 11) is 0. The number of rotatable bonds is 12. The molecule has 1 saturated carbocycles. The summed E-state index contributed by atoms with van der Waals surface area (Å²) < 4.78 is 40.3. The molecule has 1 aliphatic rings. The molecular weight excluding hydrogens is 623 g/mol. The molecule has 234 valence electrons. The normalized spacial score (nSPS) is 17.3. The molecule has 0 spiro atoms. The number of nitrogens with zero attached hydrogens (tertiary/aromatic N) is 5. The van der Waals surface area contributed by atoms with Gasteiger partial charge in [-0.05, 0) is 55.3 Å². The van der Waals surface area contributed by atoms with E-state index in [1.165, 1.54) is 0 Å². The molecule has 2 atom stereocenters. The minimum absolute atomic E-state index is 0. The summed E-state index contributed by atoms with van der Waals surface area (Å²) in [4.78, 5) is 39.8. The molecule has 4 rings (SSSR count). The minimum atomic E-state index is -4.81. The van der Waals surface area contributed by atoms with Gasteiger partial charge in [0, 0.05) is 37.6 Å². The number of carbonyl (C=O) groups is 2. The number of alkyl halides is 3. The molecule has 3 aromatic rings. The van der Waals surface area contributed by atoms with Crippen LogP contribution in [0.5, 0.6) is 0 Å². The van der Waals surface area contributed by atoms with E-state index in [9.17, 15) is 38.1 Å². The number of aromatic carboxylic acids is 1. The molecule has 1 fully saturated rings. The molecule has 0 aliphatic heterocycles. The summed E-state index contributed by atoms with van der Waals surface area (Å²) in [6.45, 7) is 0.0986. The van der Waals surface area contributed by atoms with Crippen molar-refractivity contribution in [2.45, 2.75) is 57.0 Å². The van der Waals surface area contributed by atoms with Crippen LogP contribution >= 0.6 is 0 Å². The van der Waals surface area contributed by atoms with Gasteiger partial charge in [0.1, 0.15) is 0 Å². The zero-order valence-electron chi connectivity index (χ0n) is 23.5. The van der Waals surface area contributed by atoms with Gasteiger partial charge in [0.25, 0.3) is 0 Å². The van der Waals surface area contributed by atoms with Crippen molar-refractivity contribution < 1.29 is 55.1 Å². The van der Waals surface area contributed by atoms with Crippen LogP contribution in [0.3, 0.4) is 0 Å². The number of carboxylic acid groups (broad SMARTS) is 2. The van der Waals surface area contributed by atoms with Crippen LogP contribution in [0.25, 0.3) is 0 Å². The smallest absolute Gasteiger partial charge is 0.495 e. The fraction of sp³-hybridized carbons (Fsp3) is 0.367. The summed E-state index contributed by atoms with van der Waals surface area (Å²) in [6.07, 6.45) is 1.49.